The van der Waals surface area contributed by atoms with Gasteiger partial charge in [0.1, 0.15) is 34.2 Å². The van der Waals surface area contributed by atoms with Gasteiger partial charge in [-0.05, 0) is 53.2 Å². The first kappa shape index (κ1) is 23.5. The molecule has 6 nitrogen and oxygen atoms in total. The van der Waals surface area contributed by atoms with Crippen molar-refractivity contribution in [3.63, 3.8) is 0 Å². The number of hydrogen-bond donors (Lipinski definition) is 0. The summed E-state index contributed by atoms with van der Waals surface area (Å²) in [4.78, 5) is 27.0. The number of rotatable bonds is 6. The number of aryl methyl sites for hydroxylation is 1. The first-order valence-electron chi connectivity index (χ1n) is 9.53. The number of halogens is 3. The van der Waals surface area contributed by atoms with Gasteiger partial charge in [0, 0.05) is 43.0 Å². The van der Waals surface area contributed by atoms with Crippen molar-refractivity contribution in [3.8, 4) is 17.2 Å². The lowest BCUT2D eigenvalue weighted by Crippen LogP contribution is -2.24. The second-order valence-corrected chi connectivity index (χ2v) is 8.01. The summed E-state index contributed by atoms with van der Waals surface area (Å²) < 4.78 is 39.5. The molecule has 0 fully saturated rings. The summed E-state index contributed by atoms with van der Waals surface area (Å²) in [6, 6.07) is 9.61. The highest BCUT2D eigenvalue weighted by Gasteiger charge is 2.19. The Kier molecular flexibility index (Phi) is 6.98. The Labute approximate surface area is 192 Å². The van der Waals surface area contributed by atoms with Gasteiger partial charge in [0.15, 0.2) is 0 Å². The first-order valence-corrected chi connectivity index (χ1v) is 10.3. The van der Waals surface area contributed by atoms with Crippen molar-refractivity contribution in [2.75, 3.05) is 21.2 Å². The molecule has 0 N–H and O–H groups in total. The summed E-state index contributed by atoms with van der Waals surface area (Å²) >= 11 is 3.26. The Bertz CT molecular complexity index is 1240. The molecule has 0 bridgehead atoms. The lowest BCUT2D eigenvalue weighted by molar-refractivity contribution is 0.0827. The summed E-state index contributed by atoms with van der Waals surface area (Å²) in [5.41, 5.74) is 0.976. The van der Waals surface area contributed by atoms with E-state index in [4.69, 9.17) is 9.47 Å². The zero-order valence-electron chi connectivity index (χ0n) is 17.9. The van der Waals surface area contributed by atoms with Crippen LogP contribution in [0.5, 0.6) is 11.5 Å². The van der Waals surface area contributed by atoms with Crippen LogP contribution in [0.2, 0.25) is 0 Å². The minimum atomic E-state index is -0.738. The van der Waals surface area contributed by atoms with Crippen LogP contribution in [0, 0.1) is 18.6 Å². The number of pyridine rings is 1. The quantitative estimate of drug-likeness (QED) is 0.494. The number of hydrogen-bond acceptors (Lipinski definition) is 4. The number of aromatic nitrogens is 1. The molecule has 1 aromatic heterocycles. The monoisotopic (exact) mass is 506 g/mol. The average molecular weight is 507 g/mol. The molecule has 0 spiro atoms. The topological polar surface area (TPSA) is 60.8 Å². The molecule has 9 heteroatoms. The van der Waals surface area contributed by atoms with Crippen LogP contribution in [0.15, 0.2) is 51.7 Å². The van der Waals surface area contributed by atoms with Gasteiger partial charge < -0.3 is 14.4 Å². The largest absolute Gasteiger partial charge is 0.495 e. The average Bonchev–Trinajstić information content (AvgIpc) is 2.75. The summed E-state index contributed by atoms with van der Waals surface area (Å²) in [6.07, 6.45) is 0. The van der Waals surface area contributed by atoms with Gasteiger partial charge in [0.25, 0.3) is 11.5 Å². The Morgan fingerprint density at radius 2 is 1.81 bits per heavy atom. The predicted molar refractivity (Wildman–Crippen MR) is 120 cm³/mol. The molecule has 32 heavy (non-hydrogen) atoms. The van der Waals surface area contributed by atoms with E-state index in [1.807, 2.05) is 0 Å². The van der Waals surface area contributed by atoms with Crippen LogP contribution in [0.1, 0.15) is 21.6 Å². The van der Waals surface area contributed by atoms with E-state index in [1.165, 1.54) is 22.6 Å². The van der Waals surface area contributed by atoms with Gasteiger partial charge in [-0.15, -0.1) is 0 Å². The molecule has 3 aromatic rings. The Hall–Kier alpha value is -3.20. The molecule has 1 amide bonds. The van der Waals surface area contributed by atoms with Crippen molar-refractivity contribution in [1.29, 1.82) is 0 Å². The van der Waals surface area contributed by atoms with Crippen LogP contribution < -0.4 is 15.0 Å². The standard InChI is InChI=1S/C23H21BrF2N2O4/c1-13-9-20(32-12-15-5-7-16(25)11-17(15)26)21(24)23(30)28(13)18-10-14(22(29)27(2)3)6-8-19(18)31-4/h5-11H,12H2,1-4H3. The zero-order chi connectivity index (χ0) is 23.6. The second-order valence-electron chi connectivity index (χ2n) is 7.22. The molecular formula is C23H21BrF2N2O4. The maximum atomic E-state index is 13.9. The summed E-state index contributed by atoms with van der Waals surface area (Å²) in [5.74, 6) is -1.04. The molecule has 0 unspecified atom stereocenters. The highest BCUT2D eigenvalue weighted by atomic mass is 79.9. The fraction of sp³-hybridized carbons (Fsp3) is 0.217. The van der Waals surface area contributed by atoms with Gasteiger partial charge in [0.05, 0.1) is 12.8 Å². The minimum absolute atomic E-state index is 0.108. The number of carbonyl (C=O) groups excluding carboxylic acids is 1. The van der Waals surface area contributed by atoms with Crippen LogP contribution in [-0.4, -0.2) is 36.6 Å². The highest BCUT2D eigenvalue weighted by Crippen LogP contribution is 2.29. The molecule has 2 aromatic carbocycles. The van der Waals surface area contributed by atoms with E-state index in [2.05, 4.69) is 15.9 Å². The van der Waals surface area contributed by atoms with E-state index in [0.717, 1.165) is 12.1 Å². The number of nitrogens with zero attached hydrogens (tertiary/aromatic N) is 2. The van der Waals surface area contributed by atoms with E-state index < -0.39 is 17.2 Å². The van der Waals surface area contributed by atoms with E-state index in [-0.39, 0.29) is 28.3 Å². The molecule has 0 saturated heterocycles. The maximum Gasteiger partial charge on any atom is 0.273 e. The van der Waals surface area contributed by atoms with Crippen LogP contribution in [0.4, 0.5) is 8.78 Å². The van der Waals surface area contributed by atoms with E-state index in [9.17, 15) is 18.4 Å². The third-order valence-corrected chi connectivity index (χ3v) is 5.50. The second kappa shape index (κ2) is 9.52. The van der Waals surface area contributed by atoms with Crippen molar-refractivity contribution in [1.82, 2.24) is 9.47 Å². The maximum absolute atomic E-state index is 13.9. The molecule has 168 valence electrons. The summed E-state index contributed by atoms with van der Waals surface area (Å²) in [7, 11) is 4.74. The molecule has 0 radical (unpaired) electrons. The van der Waals surface area contributed by atoms with Crippen LogP contribution >= 0.6 is 15.9 Å². The molecule has 0 aliphatic carbocycles. The third-order valence-electron chi connectivity index (χ3n) is 4.77. The van der Waals surface area contributed by atoms with Gasteiger partial charge in [-0.3, -0.25) is 14.2 Å². The molecule has 0 saturated carbocycles. The van der Waals surface area contributed by atoms with Crippen molar-refractivity contribution in [2.45, 2.75) is 13.5 Å². The van der Waals surface area contributed by atoms with Crippen molar-refractivity contribution in [2.24, 2.45) is 0 Å². The molecule has 0 aliphatic heterocycles. The molecule has 1 heterocycles. The van der Waals surface area contributed by atoms with Gasteiger partial charge in [-0.2, -0.15) is 0 Å². The zero-order valence-corrected chi connectivity index (χ0v) is 19.5. The van der Waals surface area contributed by atoms with Gasteiger partial charge in [-0.1, -0.05) is 0 Å². The SMILES string of the molecule is COc1ccc(C(=O)N(C)C)cc1-n1c(C)cc(OCc2ccc(F)cc2F)c(Br)c1=O. The summed E-state index contributed by atoms with van der Waals surface area (Å²) in [6.45, 7) is 1.50. The Morgan fingerprint density at radius 3 is 2.44 bits per heavy atom. The highest BCUT2D eigenvalue weighted by molar-refractivity contribution is 9.10. The van der Waals surface area contributed by atoms with Crippen LogP contribution in [0.25, 0.3) is 5.69 Å². The Morgan fingerprint density at radius 1 is 1.09 bits per heavy atom. The smallest absolute Gasteiger partial charge is 0.273 e. The lowest BCUT2D eigenvalue weighted by Gasteiger charge is -2.18. The fourth-order valence-electron chi connectivity index (χ4n) is 3.14. The third kappa shape index (κ3) is 4.67. The molecule has 3 rings (SSSR count). The minimum Gasteiger partial charge on any atom is -0.495 e. The summed E-state index contributed by atoms with van der Waals surface area (Å²) in [5, 5.41) is 0. The van der Waals surface area contributed by atoms with E-state index >= 15 is 0 Å². The van der Waals surface area contributed by atoms with Gasteiger partial charge >= 0.3 is 0 Å². The van der Waals surface area contributed by atoms with E-state index in [0.29, 0.717) is 22.7 Å². The first-order chi connectivity index (χ1) is 15.1. The number of methoxy groups -OCH3 is 1. The predicted octanol–water partition coefficient (Wildman–Crippen LogP) is 4.48. The van der Waals surface area contributed by atoms with Gasteiger partial charge in [-0.25, -0.2) is 8.78 Å². The number of benzene rings is 2. The van der Waals surface area contributed by atoms with Crippen molar-refractivity contribution < 1.29 is 23.0 Å². The number of ether oxygens (including phenoxy) is 2. The lowest BCUT2D eigenvalue weighted by atomic mass is 10.1. The number of amides is 1. The fourth-order valence-corrected chi connectivity index (χ4v) is 3.54. The van der Waals surface area contributed by atoms with Crippen molar-refractivity contribution in [3.05, 3.63) is 85.7 Å². The molecular weight excluding hydrogens is 486 g/mol. The van der Waals surface area contributed by atoms with Crippen LogP contribution in [0.3, 0.4) is 0 Å². The molecule has 0 atom stereocenters. The molecule has 0 aliphatic rings. The van der Waals surface area contributed by atoms with Crippen LogP contribution in [-0.2, 0) is 6.61 Å². The number of carbonyl (C=O) groups is 1. The Balaban J connectivity index is 2.03. The normalized spacial score (nSPS) is 10.7. The van der Waals surface area contributed by atoms with E-state index in [1.54, 1.807) is 45.3 Å². The van der Waals surface area contributed by atoms with Crippen molar-refractivity contribution >= 4 is 21.8 Å². The van der Waals surface area contributed by atoms with Gasteiger partial charge in [0.2, 0.25) is 0 Å².